The Labute approximate surface area is 127 Å². The van der Waals surface area contributed by atoms with E-state index in [0.717, 1.165) is 38.3 Å². The van der Waals surface area contributed by atoms with Crippen LogP contribution in [0.3, 0.4) is 0 Å². The first-order valence-corrected chi connectivity index (χ1v) is 7.37. The number of piperidine rings is 1. The summed E-state index contributed by atoms with van der Waals surface area (Å²) in [4.78, 5) is 21.4. The number of carbonyl (C=O) groups excluding carboxylic acids is 1. The molecule has 21 heavy (non-hydrogen) atoms. The largest absolute Gasteiger partial charge is 0.356 e. The molecule has 3 rings (SSSR count). The quantitative estimate of drug-likeness (QED) is 0.860. The highest BCUT2D eigenvalue weighted by Gasteiger charge is 2.22. The van der Waals surface area contributed by atoms with Crippen LogP contribution in [0.25, 0.3) is 5.78 Å². The van der Waals surface area contributed by atoms with Gasteiger partial charge < -0.3 is 10.2 Å². The lowest BCUT2D eigenvalue weighted by Gasteiger charge is -2.33. The predicted octanol–water partition coefficient (Wildman–Crippen LogP) is 1.13. The second-order valence-electron chi connectivity index (χ2n) is 5.28. The Morgan fingerprint density at radius 1 is 1.48 bits per heavy atom. The number of rotatable bonds is 3. The summed E-state index contributed by atoms with van der Waals surface area (Å²) in [5.41, 5.74) is 0. The zero-order valence-corrected chi connectivity index (χ0v) is 12.5. The van der Waals surface area contributed by atoms with Crippen LogP contribution in [0.15, 0.2) is 12.4 Å². The second-order valence-corrected chi connectivity index (χ2v) is 5.66. The maximum absolute atomic E-state index is 11.0. The summed E-state index contributed by atoms with van der Waals surface area (Å²) in [6.07, 6.45) is 3.53. The van der Waals surface area contributed by atoms with E-state index in [-0.39, 0.29) is 5.91 Å². The molecule has 1 aliphatic heterocycles. The fraction of sp³-hybridized carbons (Fsp3) is 0.538. The Bertz CT molecular complexity index is 649. The Morgan fingerprint density at radius 2 is 2.24 bits per heavy atom. The van der Waals surface area contributed by atoms with Gasteiger partial charge in [-0.05, 0) is 18.8 Å². The van der Waals surface area contributed by atoms with Crippen LogP contribution in [0.1, 0.15) is 19.8 Å². The lowest BCUT2D eigenvalue weighted by Crippen LogP contribution is -2.39. The van der Waals surface area contributed by atoms with Gasteiger partial charge in [-0.3, -0.25) is 4.79 Å². The van der Waals surface area contributed by atoms with Gasteiger partial charge in [-0.15, -0.1) is 0 Å². The third-order valence-corrected chi connectivity index (χ3v) is 3.97. The van der Waals surface area contributed by atoms with Crippen molar-refractivity contribution in [3.8, 4) is 0 Å². The Kier molecular flexibility index (Phi) is 3.92. The molecule has 0 aliphatic carbocycles. The van der Waals surface area contributed by atoms with Gasteiger partial charge in [0, 0.05) is 32.6 Å². The summed E-state index contributed by atoms with van der Waals surface area (Å²) in [7, 11) is 0. The van der Waals surface area contributed by atoms with Crippen molar-refractivity contribution in [2.24, 2.45) is 5.92 Å². The SMILES string of the molecule is CC(=O)NCC1CCN(c2cc(Cl)nc3ncnn23)CC1. The number of carbonyl (C=O) groups is 1. The highest BCUT2D eigenvalue weighted by Crippen LogP contribution is 2.24. The molecule has 1 N–H and O–H groups in total. The molecule has 0 saturated carbocycles. The van der Waals surface area contributed by atoms with Crippen LogP contribution < -0.4 is 10.2 Å². The standard InChI is InChI=1S/C13H17ClN6O/c1-9(21)15-7-10-2-4-19(5-3-10)12-6-11(14)18-13-16-8-17-20(12)13/h6,8,10H,2-5,7H2,1H3,(H,15,21). The molecular weight excluding hydrogens is 292 g/mol. The van der Waals surface area contributed by atoms with Crippen molar-refractivity contribution in [1.82, 2.24) is 24.9 Å². The molecular formula is C13H17ClN6O. The summed E-state index contributed by atoms with van der Waals surface area (Å²) in [6, 6.07) is 1.82. The van der Waals surface area contributed by atoms with Crippen LogP contribution in [0, 0.1) is 5.92 Å². The predicted molar refractivity (Wildman–Crippen MR) is 79.4 cm³/mol. The van der Waals surface area contributed by atoms with Gasteiger partial charge >= 0.3 is 0 Å². The van der Waals surface area contributed by atoms with Crippen molar-refractivity contribution in [2.75, 3.05) is 24.5 Å². The highest BCUT2D eigenvalue weighted by atomic mass is 35.5. The van der Waals surface area contributed by atoms with E-state index in [1.165, 1.54) is 6.33 Å². The van der Waals surface area contributed by atoms with E-state index in [4.69, 9.17) is 11.6 Å². The molecule has 0 radical (unpaired) electrons. The molecule has 2 aromatic heterocycles. The van der Waals surface area contributed by atoms with Crippen molar-refractivity contribution in [1.29, 1.82) is 0 Å². The highest BCUT2D eigenvalue weighted by molar-refractivity contribution is 6.29. The lowest BCUT2D eigenvalue weighted by molar-refractivity contribution is -0.119. The van der Waals surface area contributed by atoms with E-state index >= 15 is 0 Å². The van der Waals surface area contributed by atoms with Gasteiger partial charge in [0.1, 0.15) is 17.3 Å². The number of hydrogen-bond acceptors (Lipinski definition) is 5. The van der Waals surface area contributed by atoms with Gasteiger partial charge in [0.25, 0.3) is 5.78 Å². The van der Waals surface area contributed by atoms with Crippen LogP contribution in [0.5, 0.6) is 0 Å². The first-order valence-electron chi connectivity index (χ1n) is 6.99. The van der Waals surface area contributed by atoms with Crippen molar-refractivity contribution < 1.29 is 4.79 Å². The molecule has 0 aromatic carbocycles. The number of fused-ring (bicyclic) bond motifs is 1. The molecule has 0 bridgehead atoms. The topological polar surface area (TPSA) is 75.4 Å². The zero-order valence-electron chi connectivity index (χ0n) is 11.8. The van der Waals surface area contributed by atoms with Gasteiger partial charge in [0.2, 0.25) is 5.91 Å². The summed E-state index contributed by atoms with van der Waals surface area (Å²) in [5.74, 6) is 1.98. The van der Waals surface area contributed by atoms with Gasteiger partial charge in [-0.1, -0.05) is 11.6 Å². The lowest BCUT2D eigenvalue weighted by atomic mass is 9.97. The number of amides is 1. The van der Waals surface area contributed by atoms with Crippen molar-refractivity contribution in [2.45, 2.75) is 19.8 Å². The number of halogens is 1. The third kappa shape index (κ3) is 3.07. The summed E-state index contributed by atoms with van der Waals surface area (Å²) >= 11 is 6.05. The fourth-order valence-electron chi connectivity index (χ4n) is 2.65. The average molecular weight is 309 g/mol. The van der Waals surface area contributed by atoms with E-state index < -0.39 is 0 Å². The van der Waals surface area contributed by atoms with Crippen LogP contribution in [-0.2, 0) is 4.79 Å². The van der Waals surface area contributed by atoms with Crippen molar-refractivity contribution >= 4 is 29.1 Å². The Balaban J connectivity index is 1.71. The van der Waals surface area contributed by atoms with Gasteiger partial charge in [-0.25, -0.2) is 0 Å². The summed E-state index contributed by atoms with van der Waals surface area (Å²) in [6.45, 7) is 4.10. The van der Waals surface area contributed by atoms with Crippen LogP contribution in [-0.4, -0.2) is 45.1 Å². The smallest absolute Gasteiger partial charge is 0.255 e. The van der Waals surface area contributed by atoms with Gasteiger partial charge in [0.05, 0.1) is 0 Å². The normalized spacial score (nSPS) is 16.4. The number of hydrogen-bond donors (Lipinski definition) is 1. The molecule has 1 aliphatic rings. The minimum absolute atomic E-state index is 0.0302. The third-order valence-electron chi connectivity index (χ3n) is 3.78. The molecule has 7 nitrogen and oxygen atoms in total. The Morgan fingerprint density at radius 3 is 2.95 bits per heavy atom. The first kappa shape index (κ1) is 14.1. The Hall–Kier alpha value is -1.89. The maximum Gasteiger partial charge on any atom is 0.255 e. The summed E-state index contributed by atoms with van der Waals surface area (Å²) < 4.78 is 1.71. The average Bonchev–Trinajstić information content (AvgIpc) is 2.93. The van der Waals surface area contributed by atoms with Gasteiger partial charge in [-0.2, -0.15) is 19.6 Å². The number of aromatic nitrogens is 4. The minimum atomic E-state index is 0.0302. The van der Waals surface area contributed by atoms with Crippen molar-refractivity contribution in [3.05, 3.63) is 17.5 Å². The molecule has 0 unspecified atom stereocenters. The van der Waals surface area contributed by atoms with E-state index in [0.29, 0.717) is 16.8 Å². The number of nitrogens with one attached hydrogen (secondary N) is 1. The fourth-order valence-corrected chi connectivity index (χ4v) is 2.82. The molecule has 1 amide bonds. The zero-order chi connectivity index (χ0) is 14.8. The van der Waals surface area contributed by atoms with E-state index in [2.05, 4.69) is 25.3 Å². The second kappa shape index (κ2) is 5.85. The van der Waals surface area contributed by atoms with Gasteiger partial charge in [0.15, 0.2) is 0 Å². The maximum atomic E-state index is 11.0. The minimum Gasteiger partial charge on any atom is -0.356 e. The molecule has 1 fully saturated rings. The number of anilines is 1. The molecule has 1 saturated heterocycles. The van der Waals surface area contributed by atoms with Crippen LogP contribution in [0.4, 0.5) is 5.82 Å². The molecule has 0 spiro atoms. The molecule has 2 aromatic rings. The number of nitrogens with zero attached hydrogens (tertiary/aromatic N) is 5. The van der Waals surface area contributed by atoms with E-state index in [9.17, 15) is 4.79 Å². The van der Waals surface area contributed by atoms with E-state index in [1.54, 1.807) is 11.4 Å². The first-order chi connectivity index (χ1) is 10.1. The molecule has 0 atom stereocenters. The van der Waals surface area contributed by atoms with E-state index in [1.807, 2.05) is 6.07 Å². The monoisotopic (exact) mass is 308 g/mol. The van der Waals surface area contributed by atoms with Crippen LogP contribution >= 0.6 is 11.6 Å². The molecule has 3 heterocycles. The molecule has 112 valence electrons. The summed E-state index contributed by atoms with van der Waals surface area (Å²) in [5, 5.41) is 7.51. The molecule has 8 heteroatoms. The van der Waals surface area contributed by atoms with Crippen molar-refractivity contribution in [3.63, 3.8) is 0 Å². The van der Waals surface area contributed by atoms with Crippen LogP contribution in [0.2, 0.25) is 5.15 Å².